The Morgan fingerprint density at radius 2 is 2.11 bits per heavy atom. The molecular formula is C13H19N3O2. The molecule has 5 heteroatoms. The fraction of sp³-hybridized carbons (Fsp3) is 0.538. The minimum absolute atomic E-state index is 0.0471. The predicted molar refractivity (Wildman–Crippen MR) is 69.3 cm³/mol. The smallest absolute Gasteiger partial charge is 0.315 e. The van der Waals surface area contributed by atoms with Gasteiger partial charge >= 0.3 is 6.03 Å². The van der Waals surface area contributed by atoms with E-state index in [0.29, 0.717) is 12.6 Å². The van der Waals surface area contributed by atoms with Crippen molar-refractivity contribution >= 4 is 6.03 Å². The number of rotatable bonds is 3. The normalized spacial score (nSPS) is 15.6. The predicted octanol–water partition coefficient (Wildman–Crippen LogP) is 1.13. The number of carbonyl (C=O) groups excluding carboxylic acids is 1. The zero-order chi connectivity index (χ0) is 13.0. The quantitative estimate of drug-likeness (QED) is 0.843. The van der Waals surface area contributed by atoms with E-state index in [1.165, 1.54) is 23.5 Å². The van der Waals surface area contributed by atoms with Crippen molar-refractivity contribution in [3.63, 3.8) is 0 Å². The molecule has 18 heavy (non-hydrogen) atoms. The molecule has 98 valence electrons. The Hall–Kier alpha value is -1.78. The van der Waals surface area contributed by atoms with Gasteiger partial charge < -0.3 is 15.2 Å². The maximum atomic E-state index is 11.6. The molecule has 1 aromatic heterocycles. The maximum Gasteiger partial charge on any atom is 0.315 e. The third-order valence-corrected chi connectivity index (χ3v) is 3.29. The highest BCUT2D eigenvalue weighted by molar-refractivity contribution is 5.74. The molecule has 1 fully saturated rings. The summed E-state index contributed by atoms with van der Waals surface area (Å²) in [5, 5.41) is 5.76. The highest BCUT2D eigenvalue weighted by Crippen LogP contribution is 2.17. The van der Waals surface area contributed by atoms with E-state index in [2.05, 4.69) is 10.6 Å². The summed E-state index contributed by atoms with van der Waals surface area (Å²) < 4.78 is 1.51. The minimum atomic E-state index is -0.129. The monoisotopic (exact) mass is 249 g/mol. The maximum absolute atomic E-state index is 11.6. The van der Waals surface area contributed by atoms with Crippen molar-refractivity contribution in [1.82, 2.24) is 15.2 Å². The molecule has 1 aliphatic rings. The zero-order valence-electron chi connectivity index (χ0n) is 10.6. The lowest BCUT2D eigenvalue weighted by molar-refractivity contribution is 0.236. The number of nitrogens with zero attached hydrogens (tertiary/aromatic N) is 1. The molecule has 2 amide bonds. The number of aryl methyl sites for hydroxylation is 1. The van der Waals surface area contributed by atoms with Crippen LogP contribution >= 0.6 is 0 Å². The van der Waals surface area contributed by atoms with Crippen molar-refractivity contribution in [1.29, 1.82) is 0 Å². The van der Waals surface area contributed by atoms with Gasteiger partial charge in [0.05, 0.1) is 0 Å². The number of hydrogen-bond acceptors (Lipinski definition) is 2. The summed E-state index contributed by atoms with van der Waals surface area (Å²) >= 11 is 0. The van der Waals surface area contributed by atoms with Gasteiger partial charge in [-0.25, -0.2) is 4.79 Å². The second-order valence-corrected chi connectivity index (χ2v) is 4.79. The Morgan fingerprint density at radius 1 is 1.39 bits per heavy atom. The zero-order valence-corrected chi connectivity index (χ0v) is 10.6. The molecule has 0 atom stereocenters. The Balaban J connectivity index is 1.81. The number of pyridine rings is 1. The standard InChI is InChI=1S/C13H19N3O2/c1-16-9-10(6-7-12(16)17)8-14-13(18)15-11-4-2-3-5-11/h6-7,9,11H,2-5,8H2,1H3,(H2,14,15,18). The highest BCUT2D eigenvalue weighted by Gasteiger charge is 2.16. The van der Waals surface area contributed by atoms with Crippen molar-refractivity contribution in [3.05, 3.63) is 34.2 Å². The Bertz CT molecular complexity index is 475. The first-order valence-electron chi connectivity index (χ1n) is 6.35. The van der Waals surface area contributed by atoms with Gasteiger partial charge in [0.15, 0.2) is 0 Å². The van der Waals surface area contributed by atoms with E-state index in [0.717, 1.165) is 18.4 Å². The largest absolute Gasteiger partial charge is 0.335 e. The summed E-state index contributed by atoms with van der Waals surface area (Å²) in [4.78, 5) is 22.8. The lowest BCUT2D eigenvalue weighted by Gasteiger charge is -2.13. The Labute approximate surface area is 106 Å². The third-order valence-electron chi connectivity index (χ3n) is 3.29. The molecule has 0 saturated heterocycles. The first-order valence-corrected chi connectivity index (χ1v) is 6.35. The van der Waals surface area contributed by atoms with E-state index in [1.807, 2.05) is 0 Å². The van der Waals surface area contributed by atoms with E-state index in [-0.39, 0.29) is 11.6 Å². The fourth-order valence-electron chi connectivity index (χ4n) is 2.24. The van der Waals surface area contributed by atoms with Gasteiger partial charge in [0, 0.05) is 31.9 Å². The molecule has 2 rings (SSSR count). The van der Waals surface area contributed by atoms with Crippen LogP contribution in [-0.4, -0.2) is 16.6 Å². The van der Waals surface area contributed by atoms with E-state index in [9.17, 15) is 9.59 Å². The van der Waals surface area contributed by atoms with Crippen molar-refractivity contribution < 1.29 is 4.79 Å². The summed E-state index contributed by atoms with van der Waals surface area (Å²) in [6, 6.07) is 3.44. The summed E-state index contributed by atoms with van der Waals surface area (Å²) in [5.41, 5.74) is 0.868. The number of urea groups is 1. The second-order valence-electron chi connectivity index (χ2n) is 4.79. The number of amides is 2. The third kappa shape index (κ3) is 3.35. The summed E-state index contributed by atoms with van der Waals surface area (Å²) in [5.74, 6) is 0. The van der Waals surface area contributed by atoms with Gasteiger partial charge in [-0.3, -0.25) is 4.79 Å². The van der Waals surface area contributed by atoms with Gasteiger partial charge in [-0.2, -0.15) is 0 Å². The van der Waals surface area contributed by atoms with Gasteiger partial charge in [-0.1, -0.05) is 18.9 Å². The molecule has 0 unspecified atom stereocenters. The molecule has 1 aromatic rings. The summed E-state index contributed by atoms with van der Waals surface area (Å²) in [6.07, 6.45) is 6.29. The molecule has 1 aliphatic carbocycles. The summed E-state index contributed by atoms with van der Waals surface area (Å²) in [7, 11) is 1.70. The van der Waals surface area contributed by atoms with Crippen molar-refractivity contribution in [2.75, 3.05) is 0 Å². The van der Waals surface area contributed by atoms with Crippen LogP contribution < -0.4 is 16.2 Å². The van der Waals surface area contributed by atoms with Crippen LogP contribution in [0.1, 0.15) is 31.2 Å². The van der Waals surface area contributed by atoms with Crippen LogP contribution in [0.3, 0.4) is 0 Å². The Morgan fingerprint density at radius 3 is 2.78 bits per heavy atom. The lowest BCUT2D eigenvalue weighted by atomic mass is 10.2. The van der Waals surface area contributed by atoms with Crippen LogP contribution in [0.4, 0.5) is 4.79 Å². The first-order chi connectivity index (χ1) is 8.65. The number of hydrogen-bond donors (Lipinski definition) is 2. The average Bonchev–Trinajstić information content (AvgIpc) is 2.83. The molecule has 0 radical (unpaired) electrons. The molecule has 0 spiro atoms. The van der Waals surface area contributed by atoms with Crippen LogP contribution in [-0.2, 0) is 13.6 Å². The van der Waals surface area contributed by atoms with E-state index >= 15 is 0 Å². The van der Waals surface area contributed by atoms with Crippen LogP contribution in [0.25, 0.3) is 0 Å². The van der Waals surface area contributed by atoms with Gasteiger partial charge in [-0.05, 0) is 18.4 Å². The molecular weight excluding hydrogens is 230 g/mol. The highest BCUT2D eigenvalue weighted by atomic mass is 16.2. The van der Waals surface area contributed by atoms with Gasteiger partial charge in [0.1, 0.15) is 0 Å². The Kier molecular flexibility index (Phi) is 4.02. The SMILES string of the molecule is Cn1cc(CNC(=O)NC2CCCC2)ccc1=O. The topological polar surface area (TPSA) is 63.1 Å². The molecule has 1 heterocycles. The van der Waals surface area contributed by atoms with Crippen LogP contribution in [0.5, 0.6) is 0 Å². The lowest BCUT2D eigenvalue weighted by Crippen LogP contribution is -2.40. The number of carbonyl (C=O) groups is 1. The van der Waals surface area contributed by atoms with Gasteiger partial charge in [-0.15, -0.1) is 0 Å². The molecule has 2 N–H and O–H groups in total. The van der Waals surface area contributed by atoms with E-state index in [4.69, 9.17) is 0 Å². The van der Waals surface area contributed by atoms with Crippen LogP contribution in [0.15, 0.2) is 23.1 Å². The van der Waals surface area contributed by atoms with E-state index < -0.39 is 0 Å². The molecule has 0 bridgehead atoms. The van der Waals surface area contributed by atoms with Crippen molar-refractivity contribution in [2.24, 2.45) is 7.05 Å². The molecule has 0 aliphatic heterocycles. The number of nitrogens with one attached hydrogen (secondary N) is 2. The number of aromatic nitrogens is 1. The first kappa shape index (κ1) is 12.7. The van der Waals surface area contributed by atoms with Crippen molar-refractivity contribution in [2.45, 2.75) is 38.3 Å². The van der Waals surface area contributed by atoms with E-state index in [1.54, 1.807) is 19.3 Å². The molecule has 1 saturated carbocycles. The van der Waals surface area contributed by atoms with Gasteiger partial charge in [0.25, 0.3) is 0 Å². The van der Waals surface area contributed by atoms with Gasteiger partial charge in [0.2, 0.25) is 5.56 Å². The molecule has 0 aromatic carbocycles. The minimum Gasteiger partial charge on any atom is -0.335 e. The average molecular weight is 249 g/mol. The van der Waals surface area contributed by atoms with Crippen LogP contribution in [0, 0.1) is 0 Å². The molecule has 5 nitrogen and oxygen atoms in total. The second kappa shape index (κ2) is 5.71. The summed E-state index contributed by atoms with van der Waals surface area (Å²) in [6.45, 7) is 0.437. The fourth-order valence-corrected chi connectivity index (χ4v) is 2.24. The van der Waals surface area contributed by atoms with Crippen LogP contribution in [0.2, 0.25) is 0 Å². The van der Waals surface area contributed by atoms with Crippen molar-refractivity contribution in [3.8, 4) is 0 Å².